The molecule has 0 radical (unpaired) electrons. The average Bonchev–Trinajstić information content (AvgIpc) is 2.98. The Balaban J connectivity index is 1.66. The number of hydrogen-bond donors (Lipinski definition) is 1. The number of aromatic nitrogens is 1. The molecule has 1 heterocycles. The zero-order valence-electron chi connectivity index (χ0n) is 15.2. The molecule has 0 bridgehead atoms. The van der Waals surface area contributed by atoms with Crippen molar-refractivity contribution >= 4 is 23.2 Å². The number of nitrogens with one attached hydrogen (secondary N) is 1. The quantitative estimate of drug-likeness (QED) is 0.659. The summed E-state index contributed by atoms with van der Waals surface area (Å²) in [5.41, 5.74) is 2.72. The molecule has 0 saturated heterocycles. The number of ether oxygens (including phenoxy) is 2. The van der Waals surface area contributed by atoms with Crippen molar-refractivity contribution < 1.29 is 18.8 Å². The lowest BCUT2D eigenvalue weighted by Crippen LogP contribution is -2.12. The molecule has 0 aliphatic heterocycles. The van der Waals surface area contributed by atoms with Gasteiger partial charge in [-0.15, -0.1) is 0 Å². The van der Waals surface area contributed by atoms with Gasteiger partial charge in [0.1, 0.15) is 23.9 Å². The van der Waals surface area contributed by atoms with Crippen LogP contribution in [-0.4, -0.2) is 18.2 Å². The lowest BCUT2D eigenvalue weighted by atomic mass is 10.2. The first kappa shape index (κ1) is 18.8. The zero-order chi connectivity index (χ0) is 19.4. The third kappa shape index (κ3) is 4.41. The summed E-state index contributed by atoms with van der Waals surface area (Å²) in [5.74, 6) is 1.64. The number of carbonyl (C=O) groups excluding carboxylic acids is 1. The molecule has 0 atom stereocenters. The minimum atomic E-state index is -0.271. The Morgan fingerprint density at radius 3 is 2.56 bits per heavy atom. The molecule has 140 valence electrons. The molecule has 0 unspecified atom stereocenters. The molecule has 0 aliphatic carbocycles. The number of halogens is 1. The number of aryl methyl sites for hydroxylation is 2. The number of nitrogens with zero attached hydrogens (tertiary/aromatic N) is 1. The van der Waals surface area contributed by atoms with Gasteiger partial charge in [-0.2, -0.15) is 0 Å². The van der Waals surface area contributed by atoms with Crippen LogP contribution in [0.2, 0.25) is 5.02 Å². The van der Waals surface area contributed by atoms with Crippen LogP contribution in [-0.2, 0) is 6.61 Å². The maximum Gasteiger partial charge on any atom is 0.255 e. The molecule has 0 aliphatic rings. The Morgan fingerprint density at radius 1 is 1.19 bits per heavy atom. The number of carbonyl (C=O) groups is 1. The van der Waals surface area contributed by atoms with E-state index in [9.17, 15) is 4.79 Å². The topological polar surface area (TPSA) is 73.6 Å². The molecular weight excluding hydrogens is 368 g/mol. The number of hydrogen-bond acceptors (Lipinski definition) is 5. The van der Waals surface area contributed by atoms with Gasteiger partial charge in [-0.3, -0.25) is 4.79 Å². The molecule has 2 aromatic carbocycles. The number of rotatable bonds is 6. The SMILES string of the molecule is COc1ccc(Cl)cc1NC(=O)c1ccc(OCc2c(C)noc2C)cc1. The molecule has 0 saturated carbocycles. The highest BCUT2D eigenvalue weighted by atomic mass is 35.5. The predicted octanol–water partition coefficient (Wildman–Crippen LogP) is 4.78. The van der Waals surface area contributed by atoms with Crippen LogP contribution in [0.1, 0.15) is 27.4 Å². The smallest absolute Gasteiger partial charge is 0.255 e. The van der Waals surface area contributed by atoms with E-state index in [4.69, 9.17) is 25.6 Å². The van der Waals surface area contributed by atoms with Crippen LogP contribution in [0.25, 0.3) is 0 Å². The fourth-order valence-corrected chi connectivity index (χ4v) is 2.71. The van der Waals surface area contributed by atoms with E-state index in [1.807, 2.05) is 13.8 Å². The molecule has 3 aromatic rings. The summed E-state index contributed by atoms with van der Waals surface area (Å²) < 4.78 is 16.1. The summed E-state index contributed by atoms with van der Waals surface area (Å²) in [5, 5.41) is 7.20. The van der Waals surface area contributed by atoms with Crippen molar-refractivity contribution in [1.82, 2.24) is 5.16 Å². The van der Waals surface area contributed by atoms with Gasteiger partial charge in [0.15, 0.2) is 0 Å². The Kier molecular flexibility index (Phi) is 5.66. The van der Waals surface area contributed by atoms with Crippen LogP contribution >= 0.6 is 11.6 Å². The summed E-state index contributed by atoms with van der Waals surface area (Å²) >= 11 is 5.99. The summed E-state index contributed by atoms with van der Waals surface area (Å²) in [6.45, 7) is 4.06. The van der Waals surface area contributed by atoms with E-state index < -0.39 is 0 Å². The van der Waals surface area contributed by atoms with E-state index in [1.165, 1.54) is 7.11 Å². The fraction of sp³-hybridized carbons (Fsp3) is 0.200. The van der Waals surface area contributed by atoms with Crippen molar-refractivity contribution in [2.24, 2.45) is 0 Å². The minimum Gasteiger partial charge on any atom is -0.495 e. The van der Waals surface area contributed by atoms with Gasteiger partial charge in [0, 0.05) is 10.6 Å². The Hall–Kier alpha value is -2.99. The second-order valence-corrected chi connectivity index (χ2v) is 6.35. The summed E-state index contributed by atoms with van der Waals surface area (Å²) in [4.78, 5) is 12.5. The highest BCUT2D eigenvalue weighted by molar-refractivity contribution is 6.31. The summed E-state index contributed by atoms with van der Waals surface area (Å²) in [6.07, 6.45) is 0. The number of amides is 1. The zero-order valence-corrected chi connectivity index (χ0v) is 16.0. The lowest BCUT2D eigenvalue weighted by molar-refractivity contribution is 0.102. The molecule has 0 fully saturated rings. The average molecular weight is 387 g/mol. The van der Waals surface area contributed by atoms with E-state index in [0.717, 1.165) is 17.0 Å². The fourth-order valence-electron chi connectivity index (χ4n) is 2.54. The van der Waals surface area contributed by atoms with E-state index in [0.29, 0.717) is 34.4 Å². The van der Waals surface area contributed by atoms with Crippen molar-refractivity contribution in [3.8, 4) is 11.5 Å². The van der Waals surface area contributed by atoms with Crippen molar-refractivity contribution in [1.29, 1.82) is 0 Å². The third-order valence-electron chi connectivity index (χ3n) is 4.09. The molecule has 27 heavy (non-hydrogen) atoms. The number of anilines is 1. The Labute approximate surface area is 162 Å². The van der Waals surface area contributed by atoms with Gasteiger partial charge in [-0.1, -0.05) is 16.8 Å². The number of benzene rings is 2. The maximum atomic E-state index is 12.5. The van der Waals surface area contributed by atoms with Crippen molar-refractivity contribution in [2.45, 2.75) is 20.5 Å². The van der Waals surface area contributed by atoms with Gasteiger partial charge in [-0.25, -0.2) is 0 Å². The second kappa shape index (κ2) is 8.14. The highest BCUT2D eigenvalue weighted by Crippen LogP contribution is 2.28. The van der Waals surface area contributed by atoms with Gasteiger partial charge in [0.2, 0.25) is 0 Å². The third-order valence-corrected chi connectivity index (χ3v) is 4.33. The highest BCUT2D eigenvalue weighted by Gasteiger charge is 2.12. The monoisotopic (exact) mass is 386 g/mol. The molecule has 1 aromatic heterocycles. The standard InChI is InChI=1S/C20H19ClN2O4/c1-12-17(13(2)27-23-12)11-26-16-7-4-14(5-8-16)20(24)22-18-10-15(21)6-9-19(18)25-3/h4-10H,11H2,1-3H3,(H,22,24). The van der Waals surface area contributed by atoms with Crippen LogP contribution in [0.4, 0.5) is 5.69 Å². The largest absolute Gasteiger partial charge is 0.495 e. The molecule has 6 nitrogen and oxygen atoms in total. The van der Waals surface area contributed by atoms with Gasteiger partial charge in [-0.05, 0) is 56.3 Å². The van der Waals surface area contributed by atoms with Crippen molar-refractivity contribution in [3.63, 3.8) is 0 Å². The van der Waals surface area contributed by atoms with Crippen LogP contribution in [0, 0.1) is 13.8 Å². The minimum absolute atomic E-state index is 0.271. The van der Waals surface area contributed by atoms with Crippen molar-refractivity contribution in [2.75, 3.05) is 12.4 Å². The van der Waals surface area contributed by atoms with E-state index in [2.05, 4.69) is 10.5 Å². The maximum absolute atomic E-state index is 12.5. The first-order chi connectivity index (χ1) is 13.0. The van der Waals surface area contributed by atoms with Gasteiger partial charge in [0.25, 0.3) is 5.91 Å². The van der Waals surface area contributed by atoms with Crippen LogP contribution in [0.3, 0.4) is 0 Å². The van der Waals surface area contributed by atoms with Crippen LogP contribution < -0.4 is 14.8 Å². The Morgan fingerprint density at radius 2 is 1.93 bits per heavy atom. The summed E-state index contributed by atoms with van der Waals surface area (Å²) in [6, 6.07) is 11.9. The van der Waals surface area contributed by atoms with E-state index >= 15 is 0 Å². The van der Waals surface area contributed by atoms with E-state index in [-0.39, 0.29) is 5.91 Å². The van der Waals surface area contributed by atoms with Gasteiger partial charge in [0.05, 0.1) is 24.1 Å². The van der Waals surface area contributed by atoms with Crippen molar-refractivity contribution in [3.05, 3.63) is 70.1 Å². The van der Waals surface area contributed by atoms with E-state index in [1.54, 1.807) is 42.5 Å². The predicted molar refractivity (Wildman–Crippen MR) is 103 cm³/mol. The molecular formula is C20H19ClN2O4. The Bertz CT molecular complexity index is 932. The summed E-state index contributed by atoms with van der Waals surface area (Å²) in [7, 11) is 1.53. The van der Waals surface area contributed by atoms with Gasteiger partial charge >= 0.3 is 0 Å². The molecule has 1 N–H and O–H groups in total. The first-order valence-corrected chi connectivity index (χ1v) is 8.65. The van der Waals surface area contributed by atoms with Crippen LogP contribution in [0.5, 0.6) is 11.5 Å². The number of methoxy groups -OCH3 is 1. The molecule has 3 rings (SSSR count). The normalized spacial score (nSPS) is 10.5. The second-order valence-electron chi connectivity index (χ2n) is 5.91. The van der Waals surface area contributed by atoms with Crippen LogP contribution in [0.15, 0.2) is 47.0 Å². The molecule has 0 spiro atoms. The van der Waals surface area contributed by atoms with Gasteiger partial charge < -0.3 is 19.3 Å². The lowest BCUT2D eigenvalue weighted by Gasteiger charge is -2.11. The first-order valence-electron chi connectivity index (χ1n) is 8.27. The molecule has 7 heteroatoms. The molecule has 1 amide bonds.